The number of anilines is 1. The van der Waals surface area contributed by atoms with Gasteiger partial charge in [0.15, 0.2) is 5.78 Å². The molecule has 0 heterocycles. The van der Waals surface area contributed by atoms with Crippen molar-refractivity contribution in [2.45, 2.75) is 20.8 Å². The minimum absolute atomic E-state index is 0.0833. The van der Waals surface area contributed by atoms with Crippen LogP contribution in [0.5, 0.6) is 0 Å². The molecule has 0 aromatic heterocycles. The molecule has 0 atom stereocenters. The van der Waals surface area contributed by atoms with Gasteiger partial charge in [0.2, 0.25) is 5.91 Å². The van der Waals surface area contributed by atoms with E-state index in [0.29, 0.717) is 11.3 Å². The van der Waals surface area contributed by atoms with Gasteiger partial charge in [-0.2, -0.15) is 0 Å². The summed E-state index contributed by atoms with van der Waals surface area (Å²) in [6, 6.07) is 6.81. The predicted octanol–water partition coefficient (Wildman–Crippen LogP) is 2.69. The summed E-state index contributed by atoms with van der Waals surface area (Å²) >= 11 is 0. The number of carbonyl (C=O) groups excluding carboxylic acids is 2. The van der Waals surface area contributed by atoms with Gasteiger partial charge in [0.05, 0.1) is 0 Å². The Labute approximate surface area is 95.9 Å². The van der Waals surface area contributed by atoms with Gasteiger partial charge in [-0.05, 0) is 24.3 Å². The molecule has 0 aliphatic heterocycles. The summed E-state index contributed by atoms with van der Waals surface area (Å²) in [6.45, 7) is 8.84. The molecule has 0 bridgehead atoms. The summed E-state index contributed by atoms with van der Waals surface area (Å²) in [5.41, 5.74) is 0.900. The molecule has 0 fully saturated rings. The van der Waals surface area contributed by atoms with Crippen LogP contribution in [0, 0.1) is 12.3 Å². The van der Waals surface area contributed by atoms with Crippen molar-refractivity contribution < 1.29 is 9.59 Å². The lowest BCUT2D eigenvalue weighted by molar-refractivity contribution is -0.112. The summed E-state index contributed by atoms with van der Waals surface area (Å²) in [5, 5.41) is 2.55. The third kappa shape index (κ3) is 3.19. The Morgan fingerprint density at radius 2 is 1.62 bits per heavy atom. The van der Waals surface area contributed by atoms with E-state index >= 15 is 0 Å². The Morgan fingerprint density at radius 3 is 2.00 bits per heavy atom. The van der Waals surface area contributed by atoms with Gasteiger partial charge >= 0.3 is 0 Å². The Morgan fingerprint density at radius 1 is 1.12 bits per heavy atom. The molecule has 1 radical (unpaired) electrons. The normalized spacial score (nSPS) is 11.0. The molecule has 1 rings (SSSR count). The predicted molar refractivity (Wildman–Crippen MR) is 64.2 cm³/mol. The lowest BCUT2D eigenvalue weighted by Gasteiger charge is -2.16. The van der Waals surface area contributed by atoms with E-state index in [0.717, 1.165) is 0 Å². The first kappa shape index (κ1) is 12.4. The number of ketones is 1. The fourth-order valence-electron chi connectivity index (χ4n) is 1.30. The van der Waals surface area contributed by atoms with Crippen LogP contribution in [-0.4, -0.2) is 11.7 Å². The van der Waals surface area contributed by atoms with E-state index in [1.165, 1.54) is 0 Å². The molecular formula is C13H16NO2. The number of rotatable bonds is 2. The summed E-state index contributed by atoms with van der Waals surface area (Å²) in [5.74, 6) is -0.283. The number of benzene rings is 1. The average Bonchev–Trinajstić information content (AvgIpc) is 2.15. The largest absolute Gasteiger partial charge is 0.326 e. The molecule has 3 nitrogen and oxygen atoms in total. The Hall–Kier alpha value is -1.64. The molecule has 16 heavy (non-hydrogen) atoms. The van der Waals surface area contributed by atoms with Crippen LogP contribution in [0.15, 0.2) is 24.3 Å². The van der Waals surface area contributed by atoms with Crippen molar-refractivity contribution in [3.05, 3.63) is 36.8 Å². The fraction of sp³-hybridized carbons (Fsp3) is 0.308. The highest BCUT2D eigenvalue weighted by atomic mass is 16.1. The lowest BCUT2D eigenvalue weighted by Crippen LogP contribution is -2.20. The molecule has 1 aromatic rings. The second kappa shape index (κ2) is 4.47. The zero-order valence-electron chi connectivity index (χ0n) is 9.83. The second-order valence-corrected chi connectivity index (χ2v) is 4.70. The average molecular weight is 218 g/mol. The summed E-state index contributed by atoms with van der Waals surface area (Å²) in [4.78, 5) is 22.6. The third-order valence-corrected chi connectivity index (χ3v) is 2.11. The quantitative estimate of drug-likeness (QED) is 0.776. The highest BCUT2D eigenvalue weighted by Gasteiger charge is 2.22. The molecule has 1 aromatic carbocycles. The second-order valence-electron chi connectivity index (χ2n) is 4.70. The Balaban J connectivity index is 2.87. The molecule has 0 unspecified atom stereocenters. The highest BCUT2D eigenvalue weighted by Crippen LogP contribution is 2.21. The Bertz CT molecular complexity index is 399. The lowest BCUT2D eigenvalue weighted by atomic mass is 9.86. The van der Waals surface area contributed by atoms with E-state index in [1.54, 1.807) is 24.3 Å². The van der Waals surface area contributed by atoms with E-state index in [1.807, 2.05) is 20.8 Å². The molecule has 3 heteroatoms. The first-order valence-corrected chi connectivity index (χ1v) is 5.08. The maximum absolute atomic E-state index is 11.9. The number of Topliss-reactive ketones (excluding diaryl/α,β-unsaturated/α-hetero) is 1. The minimum atomic E-state index is -0.392. The molecule has 1 N–H and O–H groups in total. The van der Waals surface area contributed by atoms with E-state index in [4.69, 9.17) is 0 Å². The van der Waals surface area contributed by atoms with Crippen LogP contribution in [-0.2, 0) is 4.79 Å². The van der Waals surface area contributed by atoms with Crippen LogP contribution in [0.2, 0.25) is 0 Å². The van der Waals surface area contributed by atoms with Crippen LogP contribution in [0.4, 0.5) is 5.69 Å². The molecule has 0 aliphatic carbocycles. The zero-order valence-corrected chi connectivity index (χ0v) is 9.83. The van der Waals surface area contributed by atoms with Gasteiger partial charge in [0.1, 0.15) is 0 Å². The number of amides is 1. The van der Waals surface area contributed by atoms with E-state index < -0.39 is 5.41 Å². The molecular weight excluding hydrogens is 202 g/mol. The summed E-state index contributed by atoms with van der Waals surface area (Å²) in [6.07, 6.45) is 0. The maximum Gasteiger partial charge on any atom is 0.224 e. The fourth-order valence-corrected chi connectivity index (χ4v) is 1.30. The third-order valence-electron chi connectivity index (χ3n) is 2.11. The molecule has 0 saturated heterocycles. The highest BCUT2D eigenvalue weighted by molar-refractivity contribution is 6.00. The molecule has 0 spiro atoms. The van der Waals surface area contributed by atoms with Crippen LogP contribution in [0.25, 0.3) is 0 Å². The number of nitrogens with one attached hydrogen (secondary N) is 1. The molecule has 1 amide bonds. The number of carbonyl (C=O) groups is 2. The van der Waals surface area contributed by atoms with Crippen LogP contribution in [0.3, 0.4) is 0 Å². The van der Waals surface area contributed by atoms with Crippen molar-refractivity contribution in [3.8, 4) is 0 Å². The van der Waals surface area contributed by atoms with Crippen molar-refractivity contribution in [1.82, 2.24) is 0 Å². The van der Waals surface area contributed by atoms with Crippen molar-refractivity contribution in [1.29, 1.82) is 0 Å². The number of hydrogen-bond donors (Lipinski definition) is 1. The van der Waals surface area contributed by atoms with Gasteiger partial charge in [0.25, 0.3) is 0 Å². The standard InChI is InChI=1S/C13H16NO2/c1-9(15)14-11-7-5-10(6-8-11)12(16)13(2,3)4/h5-8H,1H2,2-4H3,(H,14,15). The van der Waals surface area contributed by atoms with Crippen molar-refractivity contribution in [2.75, 3.05) is 5.32 Å². The van der Waals surface area contributed by atoms with Gasteiger partial charge in [-0.1, -0.05) is 20.8 Å². The first-order chi connectivity index (χ1) is 7.30. The minimum Gasteiger partial charge on any atom is -0.326 e. The van der Waals surface area contributed by atoms with Gasteiger partial charge in [0, 0.05) is 23.6 Å². The van der Waals surface area contributed by atoms with Gasteiger partial charge in [-0.3, -0.25) is 9.59 Å². The summed E-state index contributed by atoms with van der Waals surface area (Å²) in [7, 11) is 0. The zero-order chi connectivity index (χ0) is 12.3. The summed E-state index contributed by atoms with van der Waals surface area (Å²) < 4.78 is 0. The van der Waals surface area contributed by atoms with Gasteiger partial charge in [-0.15, -0.1) is 0 Å². The van der Waals surface area contributed by atoms with E-state index in [9.17, 15) is 9.59 Å². The Kier molecular flexibility index (Phi) is 3.48. The first-order valence-electron chi connectivity index (χ1n) is 5.08. The van der Waals surface area contributed by atoms with Crippen molar-refractivity contribution in [2.24, 2.45) is 5.41 Å². The molecule has 85 valence electrons. The topological polar surface area (TPSA) is 46.2 Å². The molecule has 0 saturated carbocycles. The maximum atomic E-state index is 11.9. The van der Waals surface area contributed by atoms with Crippen LogP contribution >= 0.6 is 0 Å². The van der Waals surface area contributed by atoms with Crippen LogP contribution in [0.1, 0.15) is 31.1 Å². The molecule has 0 aliphatic rings. The van der Waals surface area contributed by atoms with Crippen molar-refractivity contribution in [3.63, 3.8) is 0 Å². The van der Waals surface area contributed by atoms with Gasteiger partial charge < -0.3 is 5.32 Å². The van der Waals surface area contributed by atoms with E-state index in [2.05, 4.69) is 12.2 Å². The smallest absolute Gasteiger partial charge is 0.224 e. The SMILES string of the molecule is [CH2]C(=O)Nc1ccc(C(=O)C(C)(C)C)cc1. The monoisotopic (exact) mass is 218 g/mol. The van der Waals surface area contributed by atoms with Crippen LogP contribution < -0.4 is 5.32 Å². The van der Waals surface area contributed by atoms with Crippen molar-refractivity contribution >= 4 is 17.4 Å². The number of hydrogen-bond acceptors (Lipinski definition) is 2. The van der Waals surface area contributed by atoms with E-state index in [-0.39, 0.29) is 11.7 Å². The van der Waals surface area contributed by atoms with Gasteiger partial charge in [-0.25, -0.2) is 0 Å².